The average Bonchev–Trinajstić information content (AvgIpc) is 2.63. The van der Waals surface area contributed by atoms with Crippen molar-refractivity contribution in [2.45, 2.75) is 17.7 Å². The number of pyridine rings is 1. The van der Waals surface area contributed by atoms with Crippen LogP contribution in [0.3, 0.4) is 0 Å². The number of hydrogen-bond acceptors (Lipinski definition) is 9. The fraction of sp³-hybridized carbons (Fsp3) is 0.647. The molecule has 1 aromatic rings. The predicted molar refractivity (Wildman–Crippen MR) is 116 cm³/mol. The third kappa shape index (κ3) is 7.53. The molecular weight excluding hydrogens is 420 g/mol. The molecule has 1 aromatic heterocycles. The van der Waals surface area contributed by atoms with Crippen LogP contribution < -0.4 is 5.32 Å². The molecule has 1 aliphatic heterocycles. The molecule has 0 aromatic carbocycles. The van der Waals surface area contributed by atoms with Crippen LogP contribution in [0.5, 0.6) is 0 Å². The van der Waals surface area contributed by atoms with Gasteiger partial charge in [0.25, 0.3) is 10.1 Å². The summed E-state index contributed by atoms with van der Waals surface area (Å²) >= 11 is 5.87. The molecule has 28 heavy (non-hydrogen) atoms. The SMILES string of the molecule is CSc1nc(C)cc(CS)c1NC(=O)CN1CCN(CCOS(C)(=O)=O)CC1. The van der Waals surface area contributed by atoms with E-state index >= 15 is 0 Å². The van der Waals surface area contributed by atoms with Crippen LogP contribution in [0.15, 0.2) is 11.1 Å². The average molecular weight is 449 g/mol. The van der Waals surface area contributed by atoms with Gasteiger partial charge in [0.15, 0.2) is 0 Å². The summed E-state index contributed by atoms with van der Waals surface area (Å²) in [5.74, 6) is 0.457. The molecule has 0 bridgehead atoms. The first kappa shape index (κ1) is 23.4. The van der Waals surface area contributed by atoms with E-state index in [2.05, 4.69) is 32.7 Å². The molecule has 0 aliphatic carbocycles. The molecule has 1 saturated heterocycles. The van der Waals surface area contributed by atoms with Gasteiger partial charge in [-0.2, -0.15) is 21.0 Å². The molecule has 2 rings (SSSR count). The Morgan fingerprint density at radius 1 is 1.32 bits per heavy atom. The van der Waals surface area contributed by atoms with E-state index in [0.29, 0.717) is 18.8 Å². The van der Waals surface area contributed by atoms with Crippen LogP contribution in [0.1, 0.15) is 11.3 Å². The molecule has 0 atom stereocenters. The van der Waals surface area contributed by atoms with E-state index in [4.69, 9.17) is 4.18 Å². The number of carbonyl (C=O) groups is 1. The van der Waals surface area contributed by atoms with Gasteiger partial charge in [-0.05, 0) is 24.8 Å². The highest BCUT2D eigenvalue weighted by Crippen LogP contribution is 2.29. The summed E-state index contributed by atoms with van der Waals surface area (Å²) in [5.41, 5.74) is 2.61. The van der Waals surface area contributed by atoms with Gasteiger partial charge in [-0.15, -0.1) is 11.8 Å². The maximum Gasteiger partial charge on any atom is 0.264 e. The summed E-state index contributed by atoms with van der Waals surface area (Å²) in [6.07, 6.45) is 2.99. The van der Waals surface area contributed by atoms with E-state index in [-0.39, 0.29) is 12.5 Å². The van der Waals surface area contributed by atoms with Gasteiger partial charge >= 0.3 is 0 Å². The lowest BCUT2D eigenvalue weighted by atomic mass is 10.2. The third-order valence-corrected chi connectivity index (χ3v) is 5.98. The van der Waals surface area contributed by atoms with Crippen molar-refractivity contribution in [3.05, 3.63) is 17.3 Å². The molecule has 1 aliphatic rings. The van der Waals surface area contributed by atoms with Crippen LogP contribution in [-0.4, -0.2) is 87.5 Å². The second-order valence-corrected chi connectivity index (χ2v) is 9.41. The van der Waals surface area contributed by atoms with E-state index in [1.807, 2.05) is 19.2 Å². The number of aryl methyl sites for hydroxylation is 1. The van der Waals surface area contributed by atoms with Crippen LogP contribution in [0.25, 0.3) is 0 Å². The smallest absolute Gasteiger partial charge is 0.264 e. The number of anilines is 1. The van der Waals surface area contributed by atoms with E-state index in [0.717, 1.165) is 54.4 Å². The molecule has 1 N–H and O–H groups in total. The lowest BCUT2D eigenvalue weighted by Gasteiger charge is -2.34. The van der Waals surface area contributed by atoms with Gasteiger partial charge in [-0.1, -0.05) is 0 Å². The molecule has 0 saturated carbocycles. The maximum absolute atomic E-state index is 12.6. The van der Waals surface area contributed by atoms with Crippen LogP contribution >= 0.6 is 24.4 Å². The predicted octanol–water partition coefficient (Wildman–Crippen LogP) is 1.07. The summed E-state index contributed by atoms with van der Waals surface area (Å²) in [7, 11) is -3.40. The fourth-order valence-corrected chi connectivity index (χ4v) is 4.24. The van der Waals surface area contributed by atoms with E-state index in [9.17, 15) is 13.2 Å². The number of piperazine rings is 1. The summed E-state index contributed by atoms with van der Waals surface area (Å²) in [6, 6.07) is 1.94. The fourth-order valence-electron chi connectivity index (χ4n) is 2.99. The minimum atomic E-state index is -3.40. The largest absolute Gasteiger partial charge is 0.322 e. The number of hydrogen-bond donors (Lipinski definition) is 2. The molecule has 0 unspecified atom stereocenters. The van der Waals surface area contributed by atoms with Gasteiger partial charge in [-0.25, -0.2) is 4.98 Å². The van der Waals surface area contributed by atoms with Crippen molar-refractivity contribution in [1.29, 1.82) is 0 Å². The summed E-state index contributed by atoms with van der Waals surface area (Å²) in [5, 5.41) is 3.80. The van der Waals surface area contributed by atoms with Crippen LogP contribution in [-0.2, 0) is 24.8 Å². The molecule has 11 heteroatoms. The van der Waals surface area contributed by atoms with Gasteiger partial charge in [-0.3, -0.25) is 18.8 Å². The van der Waals surface area contributed by atoms with Gasteiger partial charge in [0, 0.05) is 44.2 Å². The zero-order valence-corrected chi connectivity index (χ0v) is 19.0. The first-order chi connectivity index (χ1) is 13.2. The van der Waals surface area contributed by atoms with Gasteiger partial charge in [0.2, 0.25) is 5.91 Å². The molecule has 8 nitrogen and oxygen atoms in total. The van der Waals surface area contributed by atoms with E-state index in [1.54, 1.807) is 0 Å². The number of thioether (sulfide) groups is 1. The number of amides is 1. The number of thiol groups is 1. The number of carbonyl (C=O) groups excluding carboxylic acids is 1. The summed E-state index contributed by atoms with van der Waals surface area (Å²) < 4.78 is 26.8. The van der Waals surface area contributed by atoms with Crippen molar-refractivity contribution in [3.8, 4) is 0 Å². The summed E-state index contributed by atoms with van der Waals surface area (Å²) in [4.78, 5) is 21.3. The standard InChI is InChI=1S/C17H28N4O4S3/c1-13-10-14(12-26)16(17(18-13)27-2)19-15(22)11-21-6-4-20(5-7-21)8-9-25-28(3,23)24/h10,26H,4-9,11-12H2,1-3H3,(H,19,22). The summed E-state index contributed by atoms with van der Waals surface area (Å²) in [6.45, 7) is 5.98. The Labute approximate surface area is 176 Å². The minimum Gasteiger partial charge on any atom is -0.322 e. The van der Waals surface area contributed by atoms with Gasteiger partial charge < -0.3 is 5.32 Å². The van der Waals surface area contributed by atoms with Crippen molar-refractivity contribution in [3.63, 3.8) is 0 Å². The Morgan fingerprint density at radius 3 is 2.54 bits per heavy atom. The Hall–Kier alpha value is -0.850. The molecule has 1 amide bonds. The molecule has 1 fully saturated rings. The first-order valence-electron chi connectivity index (χ1n) is 8.96. The van der Waals surface area contributed by atoms with Crippen molar-refractivity contribution < 1.29 is 17.4 Å². The van der Waals surface area contributed by atoms with E-state index in [1.165, 1.54) is 11.8 Å². The highest BCUT2D eigenvalue weighted by atomic mass is 32.2. The Morgan fingerprint density at radius 2 is 1.96 bits per heavy atom. The maximum atomic E-state index is 12.6. The lowest BCUT2D eigenvalue weighted by molar-refractivity contribution is -0.117. The molecule has 0 spiro atoms. The number of rotatable bonds is 9. The Kier molecular flexibility index (Phi) is 9.03. The lowest BCUT2D eigenvalue weighted by Crippen LogP contribution is -2.49. The Balaban J connectivity index is 1.84. The number of nitrogens with one attached hydrogen (secondary N) is 1. The van der Waals surface area contributed by atoms with Gasteiger partial charge in [0.1, 0.15) is 5.03 Å². The monoisotopic (exact) mass is 448 g/mol. The van der Waals surface area contributed by atoms with Crippen molar-refractivity contribution in [1.82, 2.24) is 14.8 Å². The second kappa shape index (κ2) is 10.8. The number of nitrogens with zero attached hydrogens (tertiary/aromatic N) is 3. The zero-order valence-electron chi connectivity index (χ0n) is 16.5. The highest BCUT2D eigenvalue weighted by Gasteiger charge is 2.20. The van der Waals surface area contributed by atoms with Gasteiger partial charge in [0.05, 0.1) is 25.1 Å². The van der Waals surface area contributed by atoms with Crippen molar-refractivity contribution in [2.75, 3.05) is 63.7 Å². The molecule has 0 radical (unpaired) electrons. The first-order valence-corrected chi connectivity index (χ1v) is 12.6. The highest BCUT2D eigenvalue weighted by molar-refractivity contribution is 7.98. The minimum absolute atomic E-state index is 0.0714. The normalized spacial score (nSPS) is 16.3. The zero-order chi connectivity index (χ0) is 20.7. The third-order valence-electron chi connectivity index (χ3n) is 4.36. The second-order valence-electron chi connectivity index (χ2n) is 6.66. The molecular formula is C17H28N4O4S3. The van der Waals surface area contributed by atoms with Crippen LogP contribution in [0, 0.1) is 6.92 Å². The Bertz CT molecular complexity index is 756. The van der Waals surface area contributed by atoms with Crippen LogP contribution in [0.2, 0.25) is 0 Å². The number of aromatic nitrogens is 1. The van der Waals surface area contributed by atoms with Crippen molar-refractivity contribution in [2.24, 2.45) is 0 Å². The molecule has 2 heterocycles. The quantitative estimate of drug-likeness (QED) is 0.329. The topological polar surface area (TPSA) is 91.8 Å². The molecule has 158 valence electrons. The van der Waals surface area contributed by atoms with Crippen LogP contribution in [0.4, 0.5) is 5.69 Å². The van der Waals surface area contributed by atoms with Crippen molar-refractivity contribution >= 4 is 46.1 Å². The van der Waals surface area contributed by atoms with E-state index < -0.39 is 10.1 Å².